The minimum absolute atomic E-state index is 0.0675. The van der Waals surface area contributed by atoms with Gasteiger partial charge in [0, 0.05) is 19.1 Å². The lowest BCUT2D eigenvalue weighted by Gasteiger charge is -2.23. The zero-order valence-corrected chi connectivity index (χ0v) is 24.5. The first-order valence-corrected chi connectivity index (χ1v) is 13.7. The fourth-order valence-electron chi connectivity index (χ4n) is 4.72. The van der Waals surface area contributed by atoms with Crippen LogP contribution in [-0.4, -0.2) is 62.3 Å². The Morgan fingerprint density at radius 1 is 1.00 bits per heavy atom. The molecule has 0 bridgehead atoms. The minimum Gasteiger partial charge on any atom is -0.497 e. The SMILES string of the molecule is COCOc1cc(OCc2ccc(OC)cc2)cc2c1C(=O)OC(C)[C@H](C)/C=C\C(O)C1OC(C)(C)OC1CC=C2. The lowest BCUT2D eigenvalue weighted by atomic mass is 9.99. The summed E-state index contributed by atoms with van der Waals surface area (Å²) in [6.45, 7) is 7.61. The normalized spacial score (nSPS) is 26.7. The third kappa shape index (κ3) is 7.89. The van der Waals surface area contributed by atoms with Crippen LogP contribution in [0.2, 0.25) is 0 Å². The average Bonchev–Trinajstić information content (AvgIpc) is 3.27. The summed E-state index contributed by atoms with van der Waals surface area (Å²) in [5.41, 5.74) is 1.76. The summed E-state index contributed by atoms with van der Waals surface area (Å²) < 4.78 is 40.3. The molecule has 0 aromatic heterocycles. The molecule has 41 heavy (non-hydrogen) atoms. The molecule has 2 aromatic rings. The number of aliphatic hydroxyl groups is 1. The van der Waals surface area contributed by atoms with E-state index in [1.54, 1.807) is 25.3 Å². The molecule has 1 fully saturated rings. The van der Waals surface area contributed by atoms with Crippen molar-refractivity contribution in [3.63, 3.8) is 0 Å². The van der Waals surface area contributed by atoms with E-state index < -0.39 is 36.2 Å². The fraction of sp³-hybridized carbons (Fsp3) is 0.469. The van der Waals surface area contributed by atoms with E-state index in [2.05, 4.69) is 0 Å². The van der Waals surface area contributed by atoms with E-state index in [4.69, 9.17) is 33.2 Å². The highest BCUT2D eigenvalue weighted by atomic mass is 16.8. The van der Waals surface area contributed by atoms with Crippen LogP contribution in [0.1, 0.15) is 55.6 Å². The summed E-state index contributed by atoms with van der Waals surface area (Å²) in [6.07, 6.45) is 5.31. The van der Waals surface area contributed by atoms with Crippen molar-refractivity contribution in [2.75, 3.05) is 21.0 Å². The lowest BCUT2D eigenvalue weighted by molar-refractivity contribution is -0.152. The molecule has 9 nitrogen and oxygen atoms in total. The van der Waals surface area contributed by atoms with Gasteiger partial charge in [-0.2, -0.15) is 0 Å². The van der Waals surface area contributed by atoms with Crippen molar-refractivity contribution in [1.82, 2.24) is 0 Å². The number of cyclic esters (lactones) is 1. The van der Waals surface area contributed by atoms with Gasteiger partial charge in [0.15, 0.2) is 12.6 Å². The largest absolute Gasteiger partial charge is 0.497 e. The molecule has 1 saturated heterocycles. The molecule has 5 atom stereocenters. The van der Waals surface area contributed by atoms with E-state index in [0.29, 0.717) is 24.3 Å². The van der Waals surface area contributed by atoms with Crippen molar-refractivity contribution in [2.24, 2.45) is 5.92 Å². The van der Waals surface area contributed by atoms with Crippen molar-refractivity contribution in [3.8, 4) is 17.2 Å². The van der Waals surface area contributed by atoms with Gasteiger partial charge in [0.05, 0.1) is 13.2 Å². The van der Waals surface area contributed by atoms with Crippen molar-refractivity contribution in [1.29, 1.82) is 0 Å². The Kier molecular flexibility index (Phi) is 10.1. The van der Waals surface area contributed by atoms with Crippen LogP contribution in [0.15, 0.2) is 54.6 Å². The predicted octanol–water partition coefficient (Wildman–Crippen LogP) is 5.29. The first-order chi connectivity index (χ1) is 19.6. The molecule has 0 spiro atoms. The minimum atomic E-state index is -0.886. The molecule has 0 aliphatic carbocycles. The number of aliphatic hydroxyl groups excluding tert-OH is 1. The molecule has 9 heteroatoms. The van der Waals surface area contributed by atoms with Gasteiger partial charge in [0.2, 0.25) is 0 Å². The second-order valence-corrected chi connectivity index (χ2v) is 10.7. The van der Waals surface area contributed by atoms with E-state index in [1.807, 2.05) is 70.2 Å². The first-order valence-electron chi connectivity index (χ1n) is 13.7. The number of ether oxygens (including phenoxy) is 7. The van der Waals surface area contributed by atoms with E-state index in [0.717, 1.165) is 11.3 Å². The molecular formula is C32H40O9. The van der Waals surface area contributed by atoms with Crippen LogP contribution in [0.4, 0.5) is 0 Å². The summed E-state index contributed by atoms with van der Waals surface area (Å²) in [5, 5.41) is 10.9. The van der Waals surface area contributed by atoms with Gasteiger partial charge < -0.3 is 38.3 Å². The molecule has 1 N–H and O–H groups in total. The van der Waals surface area contributed by atoms with Gasteiger partial charge in [0.25, 0.3) is 0 Å². The number of methoxy groups -OCH3 is 2. The highest BCUT2D eigenvalue weighted by Gasteiger charge is 2.43. The highest BCUT2D eigenvalue weighted by Crippen LogP contribution is 2.35. The van der Waals surface area contributed by atoms with Gasteiger partial charge in [0.1, 0.15) is 47.7 Å². The Balaban J connectivity index is 1.71. The van der Waals surface area contributed by atoms with E-state index >= 15 is 0 Å². The Bertz CT molecular complexity index is 1230. The summed E-state index contributed by atoms with van der Waals surface area (Å²) in [6, 6.07) is 11.0. The smallest absolute Gasteiger partial charge is 0.342 e. The van der Waals surface area contributed by atoms with Crippen LogP contribution in [0.25, 0.3) is 6.08 Å². The first kappa shape index (κ1) is 30.6. The maximum atomic E-state index is 13.6. The summed E-state index contributed by atoms with van der Waals surface area (Å²) in [7, 11) is 3.13. The number of rotatable bonds is 7. The van der Waals surface area contributed by atoms with Crippen LogP contribution in [0.5, 0.6) is 17.2 Å². The van der Waals surface area contributed by atoms with Crippen LogP contribution in [0.3, 0.4) is 0 Å². The number of esters is 1. The Morgan fingerprint density at radius 3 is 2.46 bits per heavy atom. The van der Waals surface area contributed by atoms with Crippen molar-refractivity contribution in [2.45, 2.75) is 70.9 Å². The lowest BCUT2D eigenvalue weighted by Crippen LogP contribution is -2.34. The van der Waals surface area contributed by atoms with Gasteiger partial charge in [-0.3, -0.25) is 0 Å². The molecule has 4 unspecified atom stereocenters. The molecular weight excluding hydrogens is 528 g/mol. The van der Waals surface area contributed by atoms with Gasteiger partial charge in [-0.25, -0.2) is 4.79 Å². The molecule has 2 aliphatic rings. The maximum Gasteiger partial charge on any atom is 0.342 e. The number of hydrogen-bond donors (Lipinski definition) is 1. The zero-order chi connectivity index (χ0) is 29.6. The van der Waals surface area contributed by atoms with Crippen molar-refractivity contribution >= 4 is 12.0 Å². The monoisotopic (exact) mass is 568 g/mol. The maximum absolute atomic E-state index is 13.6. The molecule has 2 aliphatic heterocycles. The predicted molar refractivity (Wildman–Crippen MR) is 153 cm³/mol. The Labute approximate surface area is 241 Å². The summed E-state index contributed by atoms with van der Waals surface area (Å²) >= 11 is 0. The van der Waals surface area contributed by atoms with E-state index in [1.165, 1.54) is 7.11 Å². The number of fused-ring (bicyclic) bond motifs is 2. The summed E-state index contributed by atoms with van der Waals surface area (Å²) in [5.74, 6) is -0.0229. The fourth-order valence-corrected chi connectivity index (χ4v) is 4.72. The number of benzene rings is 2. The van der Waals surface area contributed by atoms with Gasteiger partial charge >= 0.3 is 5.97 Å². The van der Waals surface area contributed by atoms with E-state index in [9.17, 15) is 9.90 Å². The molecule has 0 radical (unpaired) electrons. The molecule has 0 amide bonds. The molecule has 2 heterocycles. The number of carbonyl (C=O) groups is 1. The van der Waals surface area contributed by atoms with Gasteiger partial charge in [-0.1, -0.05) is 43.4 Å². The third-order valence-electron chi connectivity index (χ3n) is 7.08. The second-order valence-electron chi connectivity index (χ2n) is 10.7. The second kappa shape index (κ2) is 13.5. The van der Waals surface area contributed by atoms with Crippen molar-refractivity contribution in [3.05, 3.63) is 71.3 Å². The van der Waals surface area contributed by atoms with Gasteiger partial charge in [-0.05, 0) is 56.5 Å². The quantitative estimate of drug-likeness (QED) is 0.271. The van der Waals surface area contributed by atoms with Crippen LogP contribution >= 0.6 is 0 Å². The summed E-state index contributed by atoms with van der Waals surface area (Å²) in [4.78, 5) is 13.6. The average molecular weight is 569 g/mol. The van der Waals surface area contributed by atoms with E-state index in [-0.39, 0.29) is 24.0 Å². The van der Waals surface area contributed by atoms with Crippen molar-refractivity contribution < 1.29 is 43.1 Å². The number of hydrogen-bond acceptors (Lipinski definition) is 9. The third-order valence-corrected chi connectivity index (χ3v) is 7.08. The molecule has 222 valence electrons. The van der Waals surface area contributed by atoms with Crippen LogP contribution < -0.4 is 14.2 Å². The zero-order valence-electron chi connectivity index (χ0n) is 24.5. The van der Waals surface area contributed by atoms with Crippen LogP contribution in [0, 0.1) is 5.92 Å². The standard InChI is InChI=1S/C32H40O9/c1-20-10-15-26(33)30-27(40-32(3,4)41-30)9-7-8-23-16-25(37-18-22-11-13-24(36-6)14-12-22)17-28(38-19-35-5)29(23)31(34)39-21(20)2/h7-8,10-17,20-21,26-27,30,33H,9,18-19H2,1-6H3/b8-7?,15-10-/t20-,21?,26?,27?,30?/m1/s1. The van der Waals surface area contributed by atoms with Gasteiger partial charge in [-0.15, -0.1) is 0 Å². The Hall–Kier alpha value is -3.37. The highest BCUT2D eigenvalue weighted by molar-refractivity contribution is 5.97. The number of carbonyl (C=O) groups excluding carboxylic acids is 1. The van der Waals surface area contributed by atoms with Crippen LogP contribution in [-0.2, 0) is 25.6 Å². The molecule has 4 rings (SSSR count). The topological polar surface area (TPSA) is 102 Å². The molecule has 2 aromatic carbocycles. The Morgan fingerprint density at radius 2 is 1.76 bits per heavy atom. The molecule has 0 saturated carbocycles.